The minimum atomic E-state index is -0.353. The van der Waals surface area contributed by atoms with Crippen molar-refractivity contribution in [2.24, 2.45) is 0 Å². The Morgan fingerprint density at radius 3 is 3.04 bits per heavy atom. The second-order valence-corrected chi connectivity index (χ2v) is 7.23. The molecule has 1 saturated heterocycles. The number of anilines is 1. The molecule has 3 heterocycles. The fourth-order valence-electron chi connectivity index (χ4n) is 2.24. The van der Waals surface area contributed by atoms with Gasteiger partial charge in [-0.15, -0.1) is 22.7 Å². The molecule has 2 N–H and O–H groups in total. The lowest BCUT2D eigenvalue weighted by atomic mass is 10.2. The van der Waals surface area contributed by atoms with Gasteiger partial charge in [0.2, 0.25) is 5.91 Å². The van der Waals surface area contributed by atoms with Crippen LogP contribution in [0.1, 0.15) is 24.6 Å². The highest BCUT2D eigenvalue weighted by molar-refractivity contribution is 7.17. The van der Waals surface area contributed by atoms with E-state index in [-0.39, 0.29) is 17.9 Å². The Kier molecular flexibility index (Phi) is 5.04. The van der Waals surface area contributed by atoms with Crippen molar-refractivity contribution in [2.75, 3.05) is 11.9 Å². The zero-order chi connectivity index (χ0) is 16.2. The summed E-state index contributed by atoms with van der Waals surface area (Å²) in [5.74, 6) is -0.173. The first-order valence-corrected chi connectivity index (χ1v) is 9.03. The van der Waals surface area contributed by atoms with Crippen LogP contribution in [0.5, 0.6) is 0 Å². The van der Waals surface area contributed by atoms with E-state index in [1.165, 1.54) is 18.3 Å². The molecule has 2 aromatic heterocycles. The SMILES string of the molecule is CC(=O)NCc1ccc(-c2csc(NC(=O)[C@H]3CCCO3)n2)s1. The van der Waals surface area contributed by atoms with Crippen LogP contribution in [0.25, 0.3) is 10.6 Å². The van der Waals surface area contributed by atoms with Crippen molar-refractivity contribution in [3.05, 3.63) is 22.4 Å². The molecule has 0 unspecified atom stereocenters. The van der Waals surface area contributed by atoms with E-state index >= 15 is 0 Å². The van der Waals surface area contributed by atoms with Crippen LogP contribution in [-0.4, -0.2) is 29.5 Å². The summed E-state index contributed by atoms with van der Waals surface area (Å²) < 4.78 is 5.36. The van der Waals surface area contributed by atoms with Gasteiger partial charge in [-0.2, -0.15) is 0 Å². The number of hydrogen-bond donors (Lipinski definition) is 2. The predicted octanol–water partition coefficient (Wildman–Crippen LogP) is 2.63. The molecule has 8 heteroatoms. The van der Waals surface area contributed by atoms with Gasteiger partial charge >= 0.3 is 0 Å². The number of thiazole rings is 1. The quantitative estimate of drug-likeness (QED) is 0.868. The van der Waals surface area contributed by atoms with E-state index in [1.807, 2.05) is 17.5 Å². The summed E-state index contributed by atoms with van der Waals surface area (Å²) in [6.07, 6.45) is 1.34. The standard InChI is InChI=1S/C15H17N3O3S2/c1-9(19)16-7-10-4-5-13(23-10)11-8-22-15(17-11)18-14(20)12-3-2-6-21-12/h4-5,8,12H,2-3,6-7H2,1H3,(H,16,19)(H,17,18,20)/t12-/m1/s1. The summed E-state index contributed by atoms with van der Waals surface area (Å²) in [5.41, 5.74) is 0.830. The maximum Gasteiger partial charge on any atom is 0.255 e. The lowest BCUT2D eigenvalue weighted by Crippen LogP contribution is -2.26. The molecule has 0 aromatic carbocycles. The van der Waals surface area contributed by atoms with Crippen LogP contribution in [0.15, 0.2) is 17.5 Å². The van der Waals surface area contributed by atoms with E-state index in [4.69, 9.17) is 4.74 Å². The molecule has 1 atom stereocenters. The van der Waals surface area contributed by atoms with Crippen LogP contribution >= 0.6 is 22.7 Å². The van der Waals surface area contributed by atoms with Crippen LogP contribution in [0.2, 0.25) is 0 Å². The molecule has 122 valence electrons. The molecule has 23 heavy (non-hydrogen) atoms. The monoisotopic (exact) mass is 351 g/mol. The van der Waals surface area contributed by atoms with Gasteiger partial charge in [-0.25, -0.2) is 4.98 Å². The number of rotatable bonds is 5. The molecule has 0 radical (unpaired) electrons. The van der Waals surface area contributed by atoms with Gasteiger partial charge in [-0.3, -0.25) is 14.9 Å². The molecule has 2 amide bonds. The Morgan fingerprint density at radius 1 is 1.43 bits per heavy atom. The maximum absolute atomic E-state index is 12.0. The highest BCUT2D eigenvalue weighted by Gasteiger charge is 2.24. The van der Waals surface area contributed by atoms with Crippen LogP contribution < -0.4 is 10.6 Å². The molecule has 0 saturated carbocycles. The molecule has 0 bridgehead atoms. The second kappa shape index (κ2) is 7.20. The minimum Gasteiger partial charge on any atom is -0.368 e. The number of carbonyl (C=O) groups is 2. The van der Waals surface area contributed by atoms with E-state index in [2.05, 4.69) is 15.6 Å². The molecule has 1 aliphatic rings. The molecule has 0 aliphatic carbocycles. The molecule has 1 aliphatic heterocycles. The van der Waals surface area contributed by atoms with Gasteiger partial charge in [-0.05, 0) is 25.0 Å². The minimum absolute atomic E-state index is 0.0484. The first-order valence-electron chi connectivity index (χ1n) is 7.33. The zero-order valence-electron chi connectivity index (χ0n) is 12.6. The molecule has 6 nitrogen and oxygen atoms in total. The largest absolute Gasteiger partial charge is 0.368 e. The van der Waals surface area contributed by atoms with Gasteiger partial charge in [0, 0.05) is 23.8 Å². The van der Waals surface area contributed by atoms with Gasteiger partial charge < -0.3 is 10.1 Å². The number of carbonyl (C=O) groups excluding carboxylic acids is 2. The van der Waals surface area contributed by atoms with Crippen LogP contribution in [0.3, 0.4) is 0 Å². The fraction of sp³-hybridized carbons (Fsp3) is 0.400. The summed E-state index contributed by atoms with van der Waals surface area (Å²) in [6, 6.07) is 3.95. The Balaban J connectivity index is 1.62. The summed E-state index contributed by atoms with van der Waals surface area (Å²) in [4.78, 5) is 29.5. The van der Waals surface area contributed by atoms with E-state index in [9.17, 15) is 9.59 Å². The summed E-state index contributed by atoms with van der Waals surface area (Å²) in [6.45, 7) is 2.66. The van der Waals surface area contributed by atoms with Gasteiger partial charge in [0.15, 0.2) is 5.13 Å². The maximum atomic E-state index is 12.0. The number of ether oxygens (including phenoxy) is 1. The van der Waals surface area contributed by atoms with Gasteiger partial charge in [0.25, 0.3) is 5.91 Å². The average molecular weight is 351 g/mol. The van der Waals surface area contributed by atoms with Crippen molar-refractivity contribution < 1.29 is 14.3 Å². The highest BCUT2D eigenvalue weighted by atomic mass is 32.1. The van der Waals surface area contributed by atoms with E-state index in [0.29, 0.717) is 18.3 Å². The van der Waals surface area contributed by atoms with E-state index < -0.39 is 0 Å². The van der Waals surface area contributed by atoms with Crippen molar-refractivity contribution in [3.8, 4) is 10.6 Å². The number of amides is 2. The van der Waals surface area contributed by atoms with Crippen molar-refractivity contribution in [3.63, 3.8) is 0 Å². The Labute approximate surface area is 141 Å². The predicted molar refractivity (Wildman–Crippen MR) is 90.6 cm³/mol. The number of nitrogens with one attached hydrogen (secondary N) is 2. The smallest absolute Gasteiger partial charge is 0.255 e. The lowest BCUT2D eigenvalue weighted by Gasteiger charge is -2.07. The van der Waals surface area contributed by atoms with Crippen molar-refractivity contribution in [2.45, 2.75) is 32.4 Å². The molecule has 0 spiro atoms. The lowest BCUT2D eigenvalue weighted by molar-refractivity contribution is -0.124. The number of hydrogen-bond acceptors (Lipinski definition) is 6. The van der Waals surface area contributed by atoms with Crippen molar-refractivity contribution in [1.29, 1.82) is 0 Å². The summed E-state index contributed by atoms with van der Waals surface area (Å²) in [5, 5.41) is 8.08. The molecular weight excluding hydrogens is 334 g/mol. The zero-order valence-corrected chi connectivity index (χ0v) is 14.3. The summed E-state index contributed by atoms with van der Waals surface area (Å²) >= 11 is 2.97. The fourth-order valence-corrected chi connectivity index (χ4v) is 3.93. The Morgan fingerprint density at radius 2 is 2.30 bits per heavy atom. The summed E-state index contributed by atoms with van der Waals surface area (Å²) in [7, 11) is 0. The third kappa shape index (κ3) is 4.15. The van der Waals surface area contributed by atoms with Crippen molar-refractivity contribution in [1.82, 2.24) is 10.3 Å². The Bertz CT molecular complexity index is 704. The molecule has 1 fully saturated rings. The van der Waals surface area contributed by atoms with E-state index in [0.717, 1.165) is 28.3 Å². The van der Waals surface area contributed by atoms with E-state index in [1.54, 1.807) is 11.3 Å². The third-order valence-electron chi connectivity index (χ3n) is 3.38. The number of aromatic nitrogens is 1. The van der Waals surface area contributed by atoms with Crippen LogP contribution in [0.4, 0.5) is 5.13 Å². The van der Waals surface area contributed by atoms with Gasteiger partial charge in [0.05, 0.1) is 17.1 Å². The van der Waals surface area contributed by atoms with Crippen LogP contribution in [0, 0.1) is 0 Å². The van der Waals surface area contributed by atoms with Gasteiger partial charge in [0.1, 0.15) is 6.10 Å². The first kappa shape index (κ1) is 16.1. The Hall–Kier alpha value is -1.77. The highest BCUT2D eigenvalue weighted by Crippen LogP contribution is 2.31. The first-order chi connectivity index (χ1) is 11.1. The van der Waals surface area contributed by atoms with Crippen LogP contribution in [-0.2, 0) is 20.9 Å². The normalized spacial score (nSPS) is 17.2. The average Bonchev–Trinajstić information content (AvgIpc) is 3.25. The topological polar surface area (TPSA) is 80.3 Å². The molecule has 2 aromatic rings. The molecular formula is C15H17N3O3S2. The third-order valence-corrected chi connectivity index (χ3v) is 5.25. The van der Waals surface area contributed by atoms with Crippen molar-refractivity contribution >= 4 is 39.6 Å². The molecule has 3 rings (SSSR count). The van der Waals surface area contributed by atoms with Gasteiger partial charge in [-0.1, -0.05) is 0 Å². The second-order valence-electron chi connectivity index (χ2n) is 5.20. The number of thiophene rings is 1. The number of nitrogens with zero attached hydrogens (tertiary/aromatic N) is 1.